The normalized spacial score (nSPS) is 20.1. The molecule has 0 fully saturated rings. The Morgan fingerprint density at radius 3 is 2.77 bits per heavy atom. The molecule has 72 valence electrons. The summed E-state index contributed by atoms with van der Waals surface area (Å²) in [5.41, 5.74) is 4.40. The highest BCUT2D eigenvalue weighted by Gasteiger charge is 2.10. The van der Waals surface area contributed by atoms with Crippen LogP contribution in [-0.4, -0.2) is 13.1 Å². The van der Waals surface area contributed by atoms with Crippen molar-refractivity contribution in [3.05, 3.63) is 34.9 Å². The van der Waals surface area contributed by atoms with Gasteiger partial charge in [-0.1, -0.05) is 23.8 Å². The van der Waals surface area contributed by atoms with Crippen LogP contribution in [0, 0.1) is 0 Å². The summed E-state index contributed by atoms with van der Waals surface area (Å²) in [5.74, 6) is 0. The van der Waals surface area contributed by atoms with Crippen molar-refractivity contribution in [2.75, 3.05) is 13.1 Å². The first-order chi connectivity index (χ1) is 6.29. The quantitative estimate of drug-likeness (QED) is 0.684. The molecule has 0 bridgehead atoms. The molecule has 0 saturated carbocycles. The lowest BCUT2D eigenvalue weighted by molar-refractivity contribution is 0.690. The van der Waals surface area contributed by atoms with Crippen LogP contribution in [0.25, 0.3) is 0 Å². The van der Waals surface area contributed by atoms with Gasteiger partial charge in [0.05, 0.1) is 0 Å². The van der Waals surface area contributed by atoms with E-state index in [-0.39, 0.29) is 0 Å². The van der Waals surface area contributed by atoms with Gasteiger partial charge in [-0.3, -0.25) is 0 Å². The van der Waals surface area contributed by atoms with Gasteiger partial charge in [0.2, 0.25) is 0 Å². The highest BCUT2D eigenvalue weighted by Crippen LogP contribution is 2.21. The van der Waals surface area contributed by atoms with Gasteiger partial charge in [0.15, 0.2) is 0 Å². The Labute approximate surface area is 81.2 Å². The molecule has 0 spiro atoms. The second-order valence-electron chi connectivity index (χ2n) is 3.40. The Kier molecular flexibility index (Phi) is 3.97. The maximum Gasteiger partial charge on any atom is 0.0208 e. The monoisotopic (exact) mass is 177 g/mol. The van der Waals surface area contributed by atoms with E-state index >= 15 is 0 Å². The van der Waals surface area contributed by atoms with E-state index in [0.717, 1.165) is 19.5 Å². The number of allylic oxidation sites excluding steroid dienone is 3. The third-order valence-corrected chi connectivity index (χ3v) is 2.53. The van der Waals surface area contributed by atoms with E-state index in [1.165, 1.54) is 16.7 Å². The summed E-state index contributed by atoms with van der Waals surface area (Å²) in [6.07, 6.45) is 7.69. The number of hydrogen-bond donors (Lipinski definition) is 1. The van der Waals surface area contributed by atoms with Crippen molar-refractivity contribution in [2.45, 2.75) is 27.2 Å². The zero-order valence-electron chi connectivity index (χ0n) is 8.85. The van der Waals surface area contributed by atoms with Gasteiger partial charge < -0.3 is 5.32 Å². The standard InChI is InChI=1S/C12H19N/c1-4-6-11-9-13-8-7-12(11)10(3)5-2/h4-6,13H,7-9H2,1-3H3/b6-4-,10-5-. The van der Waals surface area contributed by atoms with Gasteiger partial charge >= 0.3 is 0 Å². The minimum absolute atomic E-state index is 1.02. The van der Waals surface area contributed by atoms with E-state index in [1.807, 2.05) is 0 Å². The molecule has 0 aliphatic carbocycles. The number of nitrogens with one attached hydrogen (secondary N) is 1. The number of rotatable bonds is 2. The van der Waals surface area contributed by atoms with Crippen molar-refractivity contribution >= 4 is 0 Å². The molecule has 1 rings (SSSR count). The van der Waals surface area contributed by atoms with Crippen LogP contribution in [0.5, 0.6) is 0 Å². The molecule has 0 radical (unpaired) electrons. The Balaban J connectivity index is 2.96. The van der Waals surface area contributed by atoms with E-state index in [4.69, 9.17) is 0 Å². The van der Waals surface area contributed by atoms with Crippen LogP contribution in [0.3, 0.4) is 0 Å². The molecule has 1 nitrogen and oxygen atoms in total. The van der Waals surface area contributed by atoms with Crippen LogP contribution in [0.1, 0.15) is 27.2 Å². The molecule has 1 heterocycles. The van der Waals surface area contributed by atoms with E-state index in [1.54, 1.807) is 0 Å². The van der Waals surface area contributed by atoms with Crippen LogP contribution in [0.2, 0.25) is 0 Å². The van der Waals surface area contributed by atoms with Gasteiger partial charge in [0.25, 0.3) is 0 Å². The first-order valence-electron chi connectivity index (χ1n) is 4.98. The summed E-state index contributed by atoms with van der Waals surface area (Å²) >= 11 is 0. The molecule has 0 aromatic rings. The predicted octanol–water partition coefficient (Wildman–Crippen LogP) is 2.82. The van der Waals surface area contributed by atoms with Crippen molar-refractivity contribution < 1.29 is 0 Å². The second kappa shape index (κ2) is 5.03. The summed E-state index contributed by atoms with van der Waals surface area (Å²) in [6.45, 7) is 8.51. The van der Waals surface area contributed by atoms with Gasteiger partial charge in [-0.05, 0) is 44.9 Å². The molecule has 0 aromatic carbocycles. The molecule has 0 amide bonds. The molecule has 0 atom stereocenters. The lowest BCUT2D eigenvalue weighted by Crippen LogP contribution is -2.24. The lowest BCUT2D eigenvalue weighted by atomic mass is 9.95. The minimum atomic E-state index is 1.02. The smallest absolute Gasteiger partial charge is 0.0208 e. The van der Waals surface area contributed by atoms with Crippen LogP contribution < -0.4 is 5.32 Å². The molecule has 13 heavy (non-hydrogen) atoms. The van der Waals surface area contributed by atoms with Crippen LogP contribution in [0.15, 0.2) is 34.9 Å². The Bertz CT molecular complexity index is 256. The third-order valence-electron chi connectivity index (χ3n) is 2.53. The first kappa shape index (κ1) is 10.3. The second-order valence-corrected chi connectivity index (χ2v) is 3.40. The first-order valence-corrected chi connectivity index (χ1v) is 4.98. The molecule has 1 heteroatoms. The SMILES string of the molecule is C/C=C\C1=C(C(/C)=C\C)CCNC1. The molecule has 1 aliphatic rings. The van der Waals surface area contributed by atoms with Crippen molar-refractivity contribution in [3.63, 3.8) is 0 Å². The molecule has 0 unspecified atom stereocenters. The average molecular weight is 177 g/mol. The van der Waals surface area contributed by atoms with Crippen molar-refractivity contribution in [2.24, 2.45) is 0 Å². The van der Waals surface area contributed by atoms with E-state index in [2.05, 4.69) is 44.3 Å². The maximum absolute atomic E-state index is 3.39. The Morgan fingerprint density at radius 1 is 1.38 bits per heavy atom. The van der Waals surface area contributed by atoms with E-state index in [9.17, 15) is 0 Å². The topological polar surface area (TPSA) is 12.0 Å². The lowest BCUT2D eigenvalue weighted by Gasteiger charge is -2.19. The summed E-state index contributed by atoms with van der Waals surface area (Å²) < 4.78 is 0. The predicted molar refractivity (Wildman–Crippen MR) is 58.8 cm³/mol. The average Bonchev–Trinajstić information content (AvgIpc) is 2.18. The van der Waals surface area contributed by atoms with Gasteiger partial charge in [0.1, 0.15) is 0 Å². The van der Waals surface area contributed by atoms with Gasteiger partial charge in [-0.15, -0.1) is 0 Å². The maximum atomic E-state index is 3.39. The van der Waals surface area contributed by atoms with Crippen LogP contribution >= 0.6 is 0 Å². The number of hydrogen-bond acceptors (Lipinski definition) is 1. The fourth-order valence-corrected chi connectivity index (χ4v) is 1.69. The Morgan fingerprint density at radius 2 is 2.15 bits per heavy atom. The Hall–Kier alpha value is -0.820. The van der Waals surface area contributed by atoms with E-state index in [0.29, 0.717) is 0 Å². The molecule has 1 aliphatic heterocycles. The largest absolute Gasteiger partial charge is 0.312 e. The highest BCUT2D eigenvalue weighted by molar-refractivity contribution is 5.41. The summed E-state index contributed by atoms with van der Waals surface area (Å²) in [6, 6.07) is 0. The zero-order chi connectivity index (χ0) is 9.68. The fourth-order valence-electron chi connectivity index (χ4n) is 1.69. The molecular weight excluding hydrogens is 158 g/mol. The molecular formula is C12H19N. The summed E-state index contributed by atoms with van der Waals surface area (Å²) in [5, 5.41) is 3.39. The molecule has 0 saturated heterocycles. The molecule has 0 aromatic heterocycles. The van der Waals surface area contributed by atoms with Crippen LogP contribution in [-0.2, 0) is 0 Å². The minimum Gasteiger partial charge on any atom is -0.312 e. The third kappa shape index (κ3) is 2.56. The van der Waals surface area contributed by atoms with Crippen molar-refractivity contribution in [3.8, 4) is 0 Å². The highest BCUT2D eigenvalue weighted by atomic mass is 14.9. The van der Waals surface area contributed by atoms with Gasteiger partial charge in [-0.2, -0.15) is 0 Å². The fraction of sp³-hybridized carbons (Fsp3) is 0.500. The molecule has 1 N–H and O–H groups in total. The van der Waals surface area contributed by atoms with Gasteiger partial charge in [0, 0.05) is 6.54 Å². The van der Waals surface area contributed by atoms with E-state index < -0.39 is 0 Å². The van der Waals surface area contributed by atoms with Gasteiger partial charge in [-0.25, -0.2) is 0 Å². The van der Waals surface area contributed by atoms with Crippen molar-refractivity contribution in [1.29, 1.82) is 0 Å². The van der Waals surface area contributed by atoms with Crippen molar-refractivity contribution in [1.82, 2.24) is 5.32 Å². The zero-order valence-corrected chi connectivity index (χ0v) is 8.85. The summed E-state index contributed by atoms with van der Waals surface area (Å²) in [4.78, 5) is 0. The van der Waals surface area contributed by atoms with Crippen LogP contribution in [0.4, 0.5) is 0 Å². The summed E-state index contributed by atoms with van der Waals surface area (Å²) in [7, 11) is 0.